The Morgan fingerprint density at radius 3 is 2.67 bits per heavy atom. The summed E-state index contributed by atoms with van der Waals surface area (Å²) in [7, 11) is 1.55. The van der Waals surface area contributed by atoms with Crippen LogP contribution < -0.4 is 10.6 Å². The van der Waals surface area contributed by atoms with Crippen LogP contribution in [0.2, 0.25) is 0 Å². The van der Waals surface area contributed by atoms with E-state index in [1.807, 2.05) is 66.9 Å². The fraction of sp³-hybridized carbons (Fsp3) is 0.160. The molecule has 0 atom stereocenters. The number of fused-ring (bicyclic) bond motifs is 1. The summed E-state index contributed by atoms with van der Waals surface area (Å²) in [6.45, 7) is 0.683. The van der Waals surface area contributed by atoms with E-state index >= 15 is 0 Å². The molecule has 33 heavy (non-hydrogen) atoms. The second kappa shape index (κ2) is 10.4. The summed E-state index contributed by atoms with van der Waals surface area (Å²) < 4.78 is 12.6. The number of nitrogens with one attached hydrogen (secondary N) is 2. The first-order valence-corrected chi connectivity index (χ1v) is 10.5. The lowest BCUT2D eigenvalue weighted by molar-refractivity contribution is -0.124. The van der Waals surface area contributed by atoms with Crippen LogP contribution >= 0.6 is 0 Å². The summed E-state index contributed by atoms with van der Waals surface area (Å²) in [5.41, 5.74) is 2.95. The molecule has 0 bridgehead atoms. The van der Waals surface area contributed by atoms with E-state index < -0.39 is 0 Å². The summed E-state index contributed by atoms with van der Waals surface area (Å²) in [6.07, 6.45) is 4.87. The maximum atomic E-state index is 12.3. The average Bonchev–Trinajstić information content (AvgIpc) is 3.46. The highest BCUT2D eigenvalue weighted by atomic mass is 16.5. The Morgan fingerprint density at radius 2 is 1.88 bits per heavy atom. The van der Waals surface area contributed by atoms with Gasteiger partial charge in [-0.1, -0.05) is 36.4 Å². The van der Waals surface area contributed by atoms with Gasteiger partial charge in [-0.15, -0.1) is 0 Å². The van der Waals surface area contributed by atoms with Gasteiger partial charge in [0.15, 0.2) is 5.76 Å². The highest BCUT2D eigenvalue weighted by molar-refractivity contribution is 5.95. The predicted octanol–water partition coefficient (Wildman–Crippen LogP) is 3.18. The Morgan fingerprint density at radius 1 is 1.09 bits per heavy atom. The number of aromatic nitrogens is 2. The predicted molar refractivity (Wildman–Crippen MR) is 126 cm³/mol. The van der Waals surface area contributed by atoms with Crippen LogP contribution in [0.4, 0.5) is 0 Å². The van der Waals surface area contributed by atoms with Gasteiger partial charge in [-0.25, -0.2) is 4.68 Å². The number of carbonyl (C=O) groups is 2. The number of methoxy groups -OCH3 is 1. The van der Waals surface area contributed by atoms with Crippen molar-refractivity contribution in [3.8, 4) is 17.1 Å². The van der Waals surface area contributed by atoms with Crippen LogP contribution in [0.15, 0.2) is 77.4 Å². The molecule has 0 unspecified atom stereocenters. The van der Waals surface area contributed by atoms with E-state index in [0.717, 1.165) is 16.7 Å². The van der Waals surface area contributed by atoms with Crippen molar-refractivity contribution in [2.75, 3.05) is 26.8 Å². The molecule has 2 N–H and O–H groups in total. The molecule has 8 heteroatoms. The summed E-state index contributed by atoms with van der Waals surface area (Å²) in [6, 6.07) is 19.3. The van der Waals surface area contributed by atoms with Gasteiger partial charge in [0.2, 0.25) is 11.8 Å². The number of amides is 2. The number of hydrogen-bond acceptors (Lipinski definition) is 5. The van der Waals surface area contributed by atoms with E-state index in [2.05, 4.69) is 10.6 Å². The first kappa shape index (κ1) is 22.0. The molecule has 8 nitrogen and oxygen atoms in total. The second-order valence-electron chi connectivity index (χ2n) is 7.26. The highest BCUT2D eigenvalue weighted by Gasteiger charge is 2.15. The molecule has 0 spiro atoms. The van der Waals surface area contributed by atoms with Gasteiger partial charge in [-0.3, -0.25) is 9.59 Å². The average molecular weight is 444 g/mol. The van der Waals surface area contributed by atoms with Crippen LogP contribution in [0.3, 0.4) is 0 Å². The molecular formula is C25H24N4O4. The topological polar surface area (TPSA) is 98.4 Å². The van der Waals surface area contributed by atoms with Gasteiger partial charge < -0.3 is 19.8 Å². The third kappa shape index (κ3) is 5.55. The Kier molecular flexibility index (Phi) is 6.96. The van der Waals surface area contributed by atoms with Gasteiger partial charge in [-0.2, -0.15) is 5.10 Å². The van der Waals surface area contributed by atoms with E-state index in [0.29, 0.717) is 30.2 Å². The SMILES string of the molecule is COCCNC(=O)CNC(=O)/C=C/c1cn(-c2ccccc2)nc1-c1cc2ccccc2o1. The van der Waals surface area contributed by atoms with Crippen molar-refractivity contribution in [1.82, 2.24) is 20.4 Å². The second-order valence-corrected chi connectivity index (χ2v) is 7.26. The zero-order chi connectivity index (χ0) is 23.0. The lowest BCUT2D eigenvalue weighted by atomic mass is 10.2. The van der Waals surface area contributed by atoms with Crippen molar-refractivity contribution < 1.29 is 18.7 Å². The quantitative estimate of drug-likeness (QED) is 0.305. The molecule has 2 amide bonds. The molecule has 0 saturated heterocycles. The molecule has 0 fully saturated rings. The minimum Gasteiger partial charge on any atom is -0.454 e. The standard InChI is InChI=1S/C25H24N4O4/c1-32-14-13-26-24(31)16-27-23(30)12-11-19-17-29(20-8-3-2-4-9-20)28-25(19)22-15-18-7-5-6-10-21(18)33-22/h2-12,15,17H,13-14,16H2,1H3,(H,26,31)(H,27,30)/b12-11+. The van der Waals surface area contributed by atoms with Gasteiger partial charge in [-0.05, 0) is 30.3 Å². The van der Waals surface area contributed by atoms with E-state index in [-0.39, 0.29) is 18.4 Å². The van der Waals surface area contributed by atoms with E-state index in [1.165, 1.54) is 6.08 Å². The Bertz CT molecular complexity index is 1240. The lowest BCUT2D eigenvalue weighted by Crippen LogP contribution is -2.37. The molecular weight excluding hydrogens is 420 g/mol. The van der Waals surface area contributed by atoms with Crippen LogP contribution in [-0.4, -0.2) is 48.4 Å². The molecule has 0 aliphatic rings. The zero-order valence-corrected chi connectivity index (χ0v) is 18.2. The number of benzene rings is 2. The van der Waals surface area contributed by atoms with Crippen molar-refractivity contribution in [2.45, 2.75) is 0 Å². The van der Waals surface area contributed by atoms with Crippen LogP contribution in [0.1, 0.15) is 5.56 Å². The number of ether oxygens (including phenoxy) is 1. The van der Waals surface area contributed by atoms with Crippen LogP contribution in [0, 0.1) is 0 Å². The fourth-order valence-electron chi connectivity index (χ4n) is 3.26. The Balaban J connectivity index is 1.55. The summed E-state index contributed by atoms with van der Waals surface area (Å²) >= 11 is 0. The first-order chi connectivity index (χ1) is 16.1. The largest absolute Gasteiger partial charge is 0.454 e. The maximum Gasteiger partial charge on any atom is 0.244 e. The normalized spacial score (nSPS) is 11.2. The van der Waals surface area contributed by atoms with Gasteiger partial charge in [0.1, 0.15) is 11.3 Å². The lowest BCUT2D eigenvalue weighted by Gasteiger charge is -2.04. The number of para-hydroxylation sites is 2. The van der Waals surface area contributed by atoms with Crippen molar-refractivity contribution in [1.29, 1.82) is 0 Å². The van der Waals surface area contributed by atoms with Gasteiger partial charge in [0.25, 0.3) is 0 Å². The molecule has 0 radical (unpaired) electrons. The van der Waals surface area contributed by atoms with Crippen LogP contribution in [0.25, 0.3) is 34.2 Å². The monoisotopic (exact) mass is 444 g/mol. The van der Waals surface area contributed by atoms with Gasteiger partial charge in [0, 0.05) is 36.9 Å². The van der Waals surface area contributed by atoms with Gasteiger partial charge in [0.05, 0.1) is 18.8 Å². The number of nitrogens with zero attached hydrogens (tertiary/aromatic N) is 2. The third-order valence-electron chi connectivity index (χ3n) is 4.89. The zero-order valence-electron chi connectivity index (χ0n) is 18.2. The van der Waals surface area contributed by atoms with E-state index in [1.54, 1.807) is 17.9 Å². The molecule has 4 aromatic rings. The number of hydrogen-bond donors (Lipinski definition) is 2. The van der Waals surface area contributed by atoms with E-state index in [9.17, 15) is 9.59 Å². The van der Waals surface area contributed by atoms with Crippen molar-refractivity contribution in [3.05, 3.63) is 78.5 Å². The number of furan rings is 1. The molecule has 168 valence electrons. The van der Waals surface area contributed by atoms with E-state index in [4.69, 9.17) is 14.3 Å². The molecule has 2 heterocycles. The third-order valence-corrected chi connectivity index (χ3v) is 4.89. The molecule has 2 aromatic carbocycles. The van der Waals surface area contributed by atoms with Gasteiger partial charge >= 0.3 is 0 Å². The molecule has 0 saturated carbocycles. The summed E-state index contributed by atoms with van der Waals surface area (Å²) in [5, 5.41) is 10.9. The Labute approximate surface area is 190 Å². The van der Waals surface area contributed by atoms with Crippen molar-refractivity contribution in [3.63, 3.8) is 0 Å². The number of carbonyl (C=O) groups excluding carboxylic acids is 2. The molecule has 2 aromatic heterocycles. The first-order valence-electron chi connectivity index (χ1n) is 10.5. The molecule has 0 aliphatic carbocycles. The fourth-order valence-corrected chi connectivity index (χ4v) is 3.26. The summed E-state index contributed by atoms with van der Waals surface area (Å²) in [5.74, 6) is -0.0722. The number of rotatable bonds is 9. The van der Waals surface area contributed by atoms with Crippen molar-refractivity contribution >= 4 is 28.9 Å². The van der Waals surface area contributed by atoms with Crippen molar-refractivity contribution in [2.24, 2.45) is 0 Å². The minimum atomic E-state index is -0.389. The minimum absolute atomic E-state index is 0.118. The molecule has 4 rings (SSSR count). The van der Waals surface area contributed by atoms with Crippen LogP contribution in [0.5, 0.6) is 0 Å². The smallest absolute Gasteiger partial charge is 0.244 e. The van der Waals surface area contributed by atoms with Crippen LogP contribution in [-0.2, 0) is 14.3 Å². The maximum absolute atomic E-state index is 12.3. The highest BCUT2D eigenvalue weighted by Crippen LogP contribution is 2.30. The Hall–Kier alpha value is -4.17. The molecule has 0 aliphatic heterocycles. The summed E-state index contributed by atoms with van der Waals surface area (Å²) in [4.78, 5) is 24.0.